The summed E-state index contributed by atoms with van der Waals surface area (Å²) in [4.78, 5) is 28.4. The number of hydrogen-bond acceptors (Lipinski definition) is 8. The fraction of sp³-hybridized carbons (Fsp3) is 0.405. The Balaban J connectivity index is 1.39. The lowest BCUT2D eigenvalue weighted by Crippen LogP contribution is -2.55. The van der Waals surface area contributed by atoms with Crippen molar-refractivity contribution in [3.8, 4) is 29.0 Å². The van der Waals surface area contributed by atoms with E-state index in [1.54, 1.807) is 0 Å². The zero-order valence-corrected chi connectivity index (χ0v) is 27.0. The van der Waals surface area contributed by atoms with Gasteiger partial charge in [-0.3, -0.25) is 4.79 Å². The molecule has 0 N–H and O–H groups in total. The van der Waals surface area contributed by atoms with Crippen LogP contribution in [0.4, 0.5) is 10.2 Å². The second-order valence-corrected chi connectivity index (χ2v) is 12.8. The number of rotatable bonds is 7. The highest BCUT2D eigenvalue weighted by Crippen LogP contribution is 2.46. The molecule has 4 aromatic rings. The van der Waals surface area contributed by atoms with Crippen LogP contribution in [0.2, 0.25) is 0 Å². The maximum Gasteiger partial charge on any atom is 0.319 e. The third-order valence-corrected chi connectivity index (χ3v) is 9.90. The number of ether oxygens (including phenoxy) is 2. The molecule has 2 atom stereocenters. The number of nitrogens with zero attached hydrogens (tertiary/aromatic N) is 6. The van der Waals surface area contributed by atoms with E-state index >= 15 is 0 Å². The number of likely N-dealkylation sites (tertiary alicyclic amines) is 1. The normalized spacial score (nSPS) is 19.8. The molecule has 3 aliphatic heterocycles. The van der Waals surface area contributed by atoms with Gasteiger partial charge in [0.2, 0.25) is 0 Å². The topological polar surface area (TPSA) is 94.8 Å². The van der Waals surface area contributed by atoms with Crippen LogP contribution in [0.15, 0.2) is 54.9 Å². The van der Waals surface area contributed by atoms with Crippen LogP contribution in [0.3, 0.4) is 0 Å². The third kappa shape index (κ3) is 5.74. The average molecular weight is 635 g/mol. The molecule has 2 fully saturated rings. The molecule has 9 nitrogen and oxygen atoms in total. The van der Waals surface area contributed by atoms with Crippen molar-refractivity contribution < 1.29 is 18.7 Å². The first-order valence-corrected chi connectivity index (χ1v) is 16.4. The molecule has 0 bridgehead atoms. The molecule has 1 amide bonds. The summed E-state index contributed by atoms with van der Waals surface area (Å²) in [6, 6.07) is 17.1. The Hall–Kier alpha value is -4.75. The van der Waals surface area contributed by atoms with E-state index < -0.39 is 17.8 Å². The van der Waals surface area contributed by atoms with E-state index in [-0.39, 0.29) is 25.0 Å². The van der Waals surface area contributed by atoms with Gasteiger partial charge in [-0.2, -0.15) is 15.2 Å². The first-order chi connectivity index (χ1) is 22.8. The molecule has 3 aromatic carbocycles. The van der Waals surface area contributed by atoms with Crippen molar-refractivity contribution in [2.45, 2.75) is 51.1 Å². The Morgan fingerprint density at radius 3 is 2.70 bits per heavy atom. The molecule has 47 heavy (non-hydrogen) atoms. The number of carbonyl (C=O) groups is 1. The van der Waals surface area contributed by atoms with E-state index in [9.17, 15) is 14.4 Å². The summed E-state index contributed by atoms with van der Waals surface area (Å²) in [6.45, 7) is 8.32. The number of piperazine rings is 1. The maximum absolute atomic E-state index is 14.0. The van der Waals surface area contributed by atoms with Gasteiger partial charge in [0.1, 0.15) is 18.2 Å². The molecule has 242 valence electrons. The number of aryl methyl sites for hydroxylation is 1. The molecule has 4 heterocycles. The molecular formula is C37H39FN6O3. The molecule has 2 saturated heterocycles. The highest BCUT2D eigenvalue weighted by Gasteiger charge is 2.35. The second kappa shape index (κ2) is 12.8. The van der Waals surface area contributed by atoms with Gasteiger partial charge < -0.3 is 24.2 Å². The van der Waals surface area contributed by atoms with E-state index in [4.69, 9.17) is 19.4 Å². The Labute approximate surface area is 274 Å². The maximum atomic E-state index is 14.0. The van der Waals surface area contributed by atoms with Crippen molar-refractivity contribution in [1.29, 1.82) is 5.26 Å². The molecule has 2 unspecified atom stereocenters. The van der Waals surface area contributed by atoms with Gasteiger partial charge in [-0.15, -0.1) is 0 Å². The van der Waals surface area contributed by atoms with E-state index in [0.717, 1.165) is 60.1 Å². The van der Waals surface area contributed by atoms with Gasteiger partial charge in [-0.05, 0) is 79.7 Å². The minimum absolute atomic E-state index is 0.0507. The van der Waals surface area contributed by atoms with Gasteiger partial charge >= 0.3 is 6.01 Å². The van der Waals surface area contributed by atoms with Gasteiger partial charge in [0.05, 0.1) is 36.0 Å². The minimum atomic E-state index is -1.03. The molecule has 3 aliphatic rings. The fourth-order valence-electron chi connectivity index (χ4n) is 7.49. The Kier molecular flexibility index (Phi) is 8.41. The summed E-state index contributed by atoms with van der Waals surface area (Å²) in [5, 5.41) is 12.8. The fourth-order valence-corrected chi connectivity index (χ4v) is 7.49. The van der Waals surface area contributed by atoms with Crippen molar-refractivity contribution in [1.82, 2.24) is 19.8 Å². The highest BCUT2D eigenvalue weighted by atomic mass is 19.1. The molecule has 1 aromatic heterocycles. The number of likely N-dealkylation sites (N-methyl/N-ethyl adjacent to an activating group) is 1. The largest absolute Gasteiger partial charge is 0.492 e. The molecule has 7 rings (SSSR count). The van der Waals surface area contributed by atoms with E-state index in [0.29, 0.717) is 37.6 Å². The van der Waals surface area contributed by atoms with Crippen LogP contribution in [-0.2, 0) is 11.2 Å². The van der Waals surface area contributed by atoms with Crippen molar-refractivity contribution in [3.63, 3.8) is 0 Å². The van der Waals surface area contributed by atoms with E-state index in [1.165, 1.54) is 21.2 Å². The van der Waals surface area contributed by atoms with Crippen molar-refractivity contribution in [3.05, 3.63) is 66.0 Å². The molecule has 10 heteroatoms. The van der Waals surface area contributed by atoms with Crippen molar-refractivity contribution in [2.75, 3.05) is 51.3 Å². The zero-order valence-electron chi connectivity index (χ0n) is 27.0. The summed E-state index contributed by atoms with van der Waals surface area (Å²) in [5.41, 5.74) is 5.23. The first kappa shape index (κ1) is 30.9. The van der Waals surface area contributed by atoms with Gasteiger partial charge in [0.25, 0.3) is 5.91 Å². The Morgan fingerprint density at radius 2 is 1.94 bits per heavy atom. The van der Waals surface area contributed by atoms with Crippen molar-refractivity contribution >= 4 is 33.4 Å². The lowest BCUT2D eigenvalue weighted by Gasteiger charge is -2.41. The van der Waals surface area contributed by atoms with Crippen LogP contribution in [0, 0.1) is 18.3 Å². The zero-order chi connectivity index (χ0) is 32.7. The minimum Gasteiger partial charge on any atom is -0.492 e. The number of benzene rings is 3. The van der Waals surface area contributed by atoms with Crippen LogP contribution in [0.25, 0.3) is 32.8 Å². The molecule has 0 aliphatic carbocycles. The van der Waals surface area contributed by atoms with Crippen LogP contribution in [-0.4, -0.2) is 84.2 Å². The Morgan fingerprint density at radius 1 is 1.11 bits per heavy atom. The lowest BCUT2D eigenvalue weighted by atomic mass is 9.88. The second-order valence-electron chi connectivity index (χ2n) is 12.8. The van der Waals surface area contributed by atoms with Gasteiger partial charge in [0, 0.05) is 31.2 Å². The van der Waals surface area contributed by atoms with Crippen LogP contribution >= 0.6 is 0 Å². The van der Waals surface area contributed by atoms with Crippen LogP contribution in [0.5, 0.6) is 11.8 Å². The summed E-state index contributed by atoms with van der Waals surface area (Å²) < 4.78 is 26.8. The van der Waals surface area contributed by atoms with E-state index in [2.05, 4.69) is 78.9 Å². The standard InChI is InChI=1S/C37H39FN6O3/c1-23-8-4-9-25-10-5-12-28(32(23)25)30-20-31-33(34-29(30)13-7-19-46-34)35(41-37(40-31)47-22-27-11-6-16-42(27)3)43-17-18-44(36(45)24(2)38)26(21-43)14-15-39/h4-5,8-10,12,20,26-27H,2,6-7,11,13-14,16-19,21-22H2,1,3H3. The van der Waals surface area contributed by atoms with Crippen LogP contribution in [0.1, 0.15) is 36.8 Å². The molecule has 0 saturated carbocycles. The van der Waals surface area contributed by atoms with Gasteiger partial charge in [0.15, 0.2) is 5.83 Å². The number of amides is 1. The predicted octanol–water partition coefficient (Wildman–Crippen LogP) is 5.97. The molecule has 0 radical (unpaired) electrons. The quantitative estimate of drug-likeness (QED) is 0.230. The summed E-state index contributed by atoms with van der Waals surface area (Å²) in [5.74, 6) is -0.408. The first-order valence-electron chi connectivity index (χ1n) is 16.4. The molecule has 0 spiro atoms. The lowest BCUT2D eigenvalue weighted by molar-refractivity contribution is -0.131. The van der Waals surface area contributed by atoms with E-state index in [1.807, 2.05) is 0 Å². The predicted molar refractivity (Wildman–Crippen MR) is 180 cm³/mol. The average Bonchev–Trinajstić information content (AvgIpc) is 3.50. The summed E-state index contributed by atoms with van der Waals surface area (Å²) >= 11 is 0. The number of fused-ring (bicyclic) bond motifs is 4. The monoisotopic (exact) mass is 634 g/mol. The Bertz CT molecular complexity index is 1920. The number of aromatic nitrogens is 2. The number of halogens is 1. The summed E-state index contributed by atoms with van der Waals surface area (Å²) in [6.07, 6.45) is 3.95. The SMILES string of the molecule is C=C(F)C(=O)N1CCN(c2nc(OCC3CCCN3C)nc3cc(-c4cccc5cccc(C)c45)c4c(c23)OCCC4)CC1CC#N. The smallest absolute Gasteiger partial charge is 0.319 e. The number of anilines is 1. The highest BCUT2D eigenvalue weighted by molar-refractivity contribution is 6.05. The number of carbonyl (C=O) groups excluding carboxylic acids is 1. The third-order valence-electron chi connectivity index (χ3n) is 9.90. The number of nitriles is 1. The van der Waals surface area contributed by atoms with Gasteiger partial charge in [-0.25, -0.2) is 4.39 Å². The molecular weight excluding hydrogens is 595 g/mol. The van der Waals surface area contributed by atoms with Gasteiger partial charge in [-0.1, -0.05) is 43.0 Å². The number of hydrogen-bond donors (Lipinski definition) is 0. The van der Waals surface area contributed by atoms with Crippen molar-refractivity contribution in [2.24, 2.45) is 0 Å². The van der Waals surface area contributed by atoms with Crippen LogP contribution < -0.4 is 14.4 Å². The summed E-state index contributed by atoms with van der Waals surface area (Å²) in [7, 11) is 2.11.